The Morgan fingerprint density at radius 2 is 1.61 bits per heavy atom. The predicted molar refractivity (Wildman–Crippen MR) is 125 cm³/mol. The van der Waals surface area contributed by atoms with E-state index in [1.165, 1.54) is 17.0 Å². The third-order valence-corrected chi connectivity index (χ3v) is 6.93. The summed E-state index contributed by atoms with van der Waals surface area (Å²) in [5.41, 5.74) is 4.18. The summed E-state index contributed by atoms with van der Waals surface area (Å²) < 4.78 is 44.2. The summed E-state index contributed by atoms with van der Waals surface area (Å²) in [4.78, 5) is 13.4. The minimum absolute atomic E-state index is 0.384. The first-order valence-electron chi connectivity index (χ1n) is 10.8. The van der Waals surface area contributed by atoms with E-state index in [1.807, 2.05) is 39.0 Å². The maximum atomic E-state index is 12.8. The summed E-state index contributed by atoms with van der Waals surface area (Å²) in [6.07, 6.45) is -3.22. The second-order valence-corrected chi connectivity index (χ2v) is 9.34. The van der Waals surface area contributed by atoms with Crippen molar-refractivity contribution in [3.8, 4) is 16.2 Å². The third-order valence-electron chi connectivity index (χ3n) is 5.58. The Kier molecular flexibility index (Phi) is 7.52. The van der Waals surface area contributed by atoms with Gasteiger partial charge in [0, 0.05) is 9.75 Å². The number of carbonyl (C=O) groups is 1. The van der Waals surface area contributed by atoms with Crippen molar-refractivity contribution in [2.24, 2.45) is 0 Å². The molecular weight excluding hydrogens is 449 g/mol. The van der Waals surface area contributed by atoms with Gasteiger partial charge in [-0.3, -0.25) is 0 Å². The average Bonchev–Trinajstić information content (AvgIpc) is 3.11. The van der Waals surface area contributed by atoms with Crippen LogP contribution in [0.3, 0.4) is 0 Å². The number of hydrogen-bond acceptors (Lipinski definition) is 3. The number of thiophene rings is 1. The van der Waals surface area contributed by atoms with Crippen LogP contribution in [-0.2, 0) is 23.8 Å². The minimum Gasteiger partial charge on any atom is -0.479 e. The Morgan fingerprint density at radius 1 is 1.00 bits per heavy atom. The number of carboxylic acid groups (broad SMARTS) is 1. The summed E-state index contributed by atoms with van der Waals surface area (Å²) in [6.45, 7) is 7.63. The van der Waals surface area contributed by atoms with Gasteiger partial charge in [0.15, 0.2) is 6.10 Å². The number of rotatable bonds is 8. The van der Waals surface area contributed by atoms with E-state index in [9.17, 15) is 23.1 Å². The lowest BCUT2D eigenvalue weighted by molar-refractivity contribution is -0.145. The standard InChI is InChI=1S/C26H27F3O3S/c1-5-21(25(30)31)32-24-16(3)12-18(13-17(24)4)6-11-22-15(2)14-23(33-22)19-7-9-20(10-8-19)26(27,28)29/h7-10,12-14,21H,5-6,11H2,1-4H3,(H,30,31). The monoisotopic (exact) mass is 476 g/mol. The average molecular weight is 477 g/mol. The molecule has 0 amide bonds. The molecule has 0 fully saturated rings. The number of halogens is 3. The highest BCUT2D eigenvalue weighted by Crippen LogP contribution is 2.35. The van der Waals surface area contributed by atoms with Gasteiger partial charge in [-0.05, 0) is 86.1 Å². The van der Waals surface area contributed by atoms with Crippen LogP contribution in [-0.4, -0.2) is 17.2 Å². The first-order valence-corrected chi connectivity index (χ1v) is 11.6. The number of alkyl halides is 3. The lowest BCUT2D eigenvalue weighted by Gasteiger charge is -2.18. The molecule has 0 aliphatic carbocycles. The Morgan fingerprint density at radius 3 is 2.12 bits per heavy atom. The maximum absolute atomic E-state index is 12.8. The minimum atomic E-state index is -4.34. The molecule has 3 rings (SSSR count). The molecular formula is C26H27F3O3S. The van der Waals surface area contributed by atoms with E-state index in [1.54, 1.807) is 18.3 Å². The fraction of sp³-hybridized carbons (Fsp3) is 0.346. The summed E-state index contributed by atoms with van der Waals surface area (Å²) >= 11 is 1.60. The molecule has 1 unspecified atom stereocenters. The van der Waals surface area contributed by atoms with Gasteiger partial charge in [-0.25, -0.2) is 4.79 Å². The second kappa shape index (κ2) is 10.00. The van der Waals surface area contributed by atoms with E-state index in [0.717, 1.165) is 57.7 Å². The van der Waals surface area contributed by atoms with Gasteiger partial charge in [0.2, 0.25) is 0 Å². The van der Waals surface area contributed by atoms with Gasteiger partial charge in [-0.15, -0.1) is 11.3 Å². The molecule has 0 radical (unpaired) electrons. The van der Waals surface area contributed by atoms with Crippen LogP contribution in [0.15, 0.2) is 42.5 Å². The highest BCUT2D eigenvalue weighted by atomic mass is 32.1. The molecule has 3 nitrogen and oxygen atoms in total. The smallest absolute Gasteiger partial charge is 0.416 e. The van der Waals surface area contributed by atoms with E-state index < -0.39 is 23.8 Å². The van der Waals surface area contributed by atoms with Gasteiger partial charge in [-0.1, -0.05) is 31.2 Å². The van der Waals surface area contributed by atoms with Crippen LogP contribution in [0.2, 0.25) is 0 Å². The van der Waals surface area contributed by atoms with Gasteiger partial charge in [0.05, 0.1) is 5.56 Å². The number of aryl methyl sites for hydroxylation is 5. The van der Waals surface area contributed by atoms with Gasteiger partial charge < -0.3 is 9.84 Å². The number of ether oxygens (including phenoxy) is 1. The van der Waals surface area contributed by atoms with Crippen LogP contribution in [0.4, 0.5) is 13.2 Å². The summed E-state index contributed by atoms with van der Waals surface area (Å²) in [5.74, 6) is -0.359. The lowest BCUT2D eigenvalue weighted by Crippen LogP contribution is -2.26. The molecule has 7 heteroatoms. The van der Waals surface area contributed by atoms with Crippen molar-refractivity contribution in [1.29, 1.82) is 0 Å². The van der Waals surface area contributed by atoms with Crippen molar-refractivity contribution in [1.82, 2.24) is 0 Å². The zero-order valence-electron chi connectivity index (χ0n) is 19.0. The number of hydrogen-bond donors (Lipinski definition) is 1. The molecule has 0 spiro atoms. The highest BCUT2D eigenvalue weighted by Gasteiger charge is 2.30. The predicted octanol–water partition coefficient (Wildman–Crippen LogP) is 7.39. The molecule has 0 aliphatic rings. The van der Waals surface area contributed by atoms with Gasteiger partial charge >= 0.3 is 12.1 Å². The highest BCUT2D eigenvalue weighted by molar-refractivity contribution is 7.15. The van der Waals surface area contributed by atoms with Crippen molar-refractivity contribution in [3.63, 3.8) is 0 Å². The van der Waals surface area contributed by atoms with E-state index in [-0.39, 0.29) is 0 Å². The molecule has 3 aromatic rings. The van der Waals surface area contributed by atoms with Crippen LogP contribution in [0.1, 0.15) is 46.0 Å². The van der Waals surface area contributed by atoms with Gasteiger partial charge in [-0.2, -0.15) is 13.2 Å². The van der Waals surface area contributed by atoms with Crippen molar-refractivity contribution < 1.29 is 27.8 Å². The largest absolute Gasteiger partial charge is 0.479 e. The van der Waals surface area contributed by atoms with Crippen molar-refractivity contribution in [2.45, 2.75) is 59.2 Å². The Hall–Kier alpha value is -2.80. The molecule has 33 heavy (non-hydrogen) atoms. The second-order valence-electron chi connectivity index (χ2n) is 8.20. The van der Waals surface area contributed by atoms with Crippen LogP contribution >= 0.6 is 11.3 Å². The first kappa shape index (κ1) is 24.8. The fourth-order valence-electron chi connectivity index (χ4n) is 3.81. The van der Waals surface area contributed by atoms with Crippen molar-refractivity contribution in [3.05, 3.63) is 75.2 Å². The first-order chi connectivity index (χ1) is 15.5. The fourth-order valence-corrected chi connectivity index (χ4v) is 4.99. The summed E-state index contributed by atoms with van der Waals surface area (Å²) in [6, 6.07) is 11.3. The molecule has 176 valence electrons. The molecule has 1 aromatic heterocycles. The van der Waals surface area contributed by atoms with E-state index in [4.69, 9.17) is 4.74 Å². The van der Waals surface area contributed by atoms with Crippen LogP contribution in [0, 0.1) is 20.8 Å². The van der Waals surface area contributed by atoms with E-state index >= 15 is 0 Å². The van der Waals surface area contributed by atoms with E-state index in [0.29, 0.717) is 12.2 Å². The maximum Gasteiger partial charge on any atom is 0.416 e. The summed E-state index contributed by atoms with van der Waals surface area (Å²) in [5, 5.41) is 9.27. The van der Waals surface area contributed by atoms with Crippen LogP contribution in [0.5, 0.6) is 5.75 Å². The lowest BCUT2D eigenvalue weighted by atomic mass is 10.0. The topological polar surface area (TPSA) is 46.5 Å². The summed E-state index contributed by atoms with van der Waals surface area (Å²) in [7, 11) is 0. The van der Waals surface area contributed by atoms with Crippen LogP contribution in [0.25, 0.3) is 10.4 Å². The molecule has 0 aliphatic heterocycles. The molecule has 2 aromatic carbocycles. The van der Waals surface area contributed by atoms with Gasteiger partial charge in [0.25, 0.3) is 0 Å². The van der Waals surface area contributed by atoms with Gasteiger partial charge in [0.1, 0.15) is 5.75 Å². The number of carboxylic acids is 1. The normalized spacial score (nSPS) is 12.6. The zero-order chi connectivity index (χ0) is 24.3. The number of benzene rings is 2. The SMILES string of the molecule is CCC(Oc1c(C)cc(CCc2sc(-c3ccc(C(F)(F)F)cc3)cc2C)cc1C)C(=O)O. The molecule has 0 saturated carbocycles. The number of aliphatic carboxylic acids is 1. The molecule has 0 saturated heterocycles. The molecule has 1 heterocycles. The quantitative estimate of drug-likeness (QED) is 0.369. The molecule has 1 atom stereocenters. The Bertz CT molecular complexity index is 1110. The third kappa shape index (κ3) is 5.96. The Balaban J connectivity index is 1.73. The molecule has 1 N–H and O–H groups in total. The van der Waals surface area contributed by atoms with Crippen molar-refractivity contribution >= 4 is 17.3 Å². The van der Waals surface area contributed by atoms with E-state index in [2.05, 4.69) is 0 Å². The Labute approximate surface area is 195 Å². The molecule has 0 bridgehead atoms. The van der Waals surface area contributed by atoms with Crippen molar-refractivity contribution in [2.75, 3.05) is 0 Å². The zero-order valence-corrected chi connectivity index (χ0v) is 19.9. The van der Waals surface area contributed by atoms with Crippen LogP contribution < -0.4 is 4.74 Å².